The Kier molecular flexibility index (Phi) is 2.53. The number of hydrogen-bond donors (Lipinski definition) is 1. The smallest absolute Gasteiger partial charge is 0.223 e. The van der Waals surface area contributed by atoms with E-state index in [1.54, 1.807) is 6.20 Å². The fourth-order valence-electron chi connectivity index (χ4n) is 1.37. The van der Waals surface area contributed by atoms with E-state index in [-0.39, 0.29) is 5.95 Å². The summed E-state index contributed by atoms with van der Waals surface area (Å²) >= 11 is 0. The van der Waals surface area contributed by atoms with Crippen LogP contribution in [-0.2, 0) is 6.42 Å². The number of aromatic nitrogens is 4. The molecule has 15 heavy (non-hydrogen) atoms. The van der Waals surface area contributed by atoms with E-state index < -0.39 is 0 Å². The topological polar surface area (TPSA) is 77.6 Å². The van der Waals surface area contributed by atoms with Gasteiger partial charge in [-0.15, -0.1) is 0 Å². The molecule has 0 aliphatic heterocycles. The minimum Gasteiger partial charge on any atom is -0.368 e. The van der Waals surface area contributed by atoms with Crippen LogP contribution in [0, 0.1) is 0 Å². The van der Waals surface area contributed by atoms with Gasteiger partial charge in [-0.2, -0.15) is 4.98 Å². The molecule has 2 aromatic rings. The summed E-state index contributed by atoms with van der Waals surface area (Å²) in [4.78, 5) is 16.0. The summed E-state index contributed by atoms with van der Waals surface area (Å²) in [5.41, 5.74) is 7.57. The van der Waals surface area contributed by atoms with Crippen molar-refractivity contribution in [3.05, 3.63) is 30.4 Å². The first-order chi connectivity index (χ1) is 7.31. The number of nitrogen functional groups attached to an aromatic ring is 1. The monoisotopic (exact) mass is 201 g/mol. The molecule has 2 N–H and O–H groups in total. The summed E-state index contributed by atoms with van der Waals surface area (Å²) in [7, 11) is 0. The molecule has 0 radical (unpaired) electrons. The molecule has 5 nitrogen and oxygen atoms in total. The third-order valence-electron chi connectivity index (χ3n) is 2.12. The van der Waals surface area contributed by atoms with Gasteiger partial charge < -0.3 is 5.73 Å². The van der Waals surface area contributed by atoms with Crippen LogP contribution in [0.2, 0.25) is 0 Å². The Balaban J connectivity index is 2.53. The van der Waals surface area contributed by atoms with E-state index in [1.165, 1.54) is 6.33 Å². The molecule has 0 aliphatic carbocycles. The fraction of sp³-hybridized carbons (Fsp3) is 0.200. The van der Waals surface area contributed by atoms with E-state index >= 15 is 0 Å². The van der Waals surface area contributed by atoms with Crippen LogP contribution in [-0.4, -0.2) is 19.9 Å². The number of anilines is 1. The highest BCUT2D eigenvalue weighted by molar-refractivity contribution is 5.59. The molecule has 0 spiro atoms. The van der Waals surface area contributed by atoms with Crippen LogP contribution < -0.4 is 5.73 Å². The van der Waals surface area contributed by atoms with Gasteiger partial charge in [-0.1, -0.05) is 6.92 Å². The molecule has 0 unspecified atom stereocenters. The molecule has 0 saturated carbocycles. The predicted octanol–water partition coefficient (Wildman–Crippen LogP) is 1.08. The molecule has 0 amide bonds. The van der Waals surface area contributed by atoms with Crippen LogP contribution in [0.5, 0.6) is 0 Å². The van der Waals surface area contributed by atoms with E-state index in [2.05, 4.69) is 26.9 Å². The Morgan fingerprint density at radius 1 is 1.33 bits per heavy atom. The second kappa shape index (κ2) is 4.00. The lowest BCUT2D eigenvalue weighted by atomic mass is 10.1. The van der Waals surface area contributed by atoms with Gasteiger partial charge in [-0.3, -0.25) is 4.98 Å². The van der Waals surface area contributed by atoms with Gasteiger partial charge in [-0.05, 0) is 18.1 Å². The van der Waals surface area contributed by atoms with Crippen molar-refractivity contribution in [1.29, 1.82) is 0 Å². The lowest BCUT2D eigenvalue weighted by molar-refractivity contribution is 1.04. The maximum atomic E-state index is 5.51. The highest BCUT2D eigenvalue weighted by atomic mass is 15.1. The maximum absolute atomic E-state index is 5.51. The number of hydrogen-bond acceptors (Lipinski definition) is 5. The number of nitrogens with two attached hydrogens (primary N) is 1. The highest BCUT2D eigenvalue weighted by Gasteiger charge is 2.06. The number of pyridine rings is 1. The van der Waals surface area contributed by atoms with E-state index in [0.717, 1.165) is 17.5 Å². The lowest BCUT2D eigenvalue weighted by Crippen LogP contribution is -2.00. The lowest BCUT2D eigenvalue weighted by Gasteiger charge is -2.04. The zero-order valence-corrected chi connectivity index (χ0v) is 8.38. The number of nitrogens with zero attached hydrogens (tertiary/aromatic N) is 4. The van der Waals surface area contributed by atoms with E-state index in [9.17, 15) is 0 Å². The summed E-state index contributed by atoms with van der Waals surface area (Å²) < 4.78 is 0. The van der Waals surface area contributed by atoms with Gasteiger partial charge in [-0.25, -0.2) is 9.97 Å². The van der Waals surface area contributed by atoms with Crippen molar-refractivity contribution in [3.8, 4) is 11.4 Å². The first-order valence-corrected chi connectivity index (χ1v) is 4.69. The van der Waals surface area contributed by atoms with Crippen LogP contribution in [0.4, 0.5) is 5.95 Å². The van der Waals surface area contributed by atoms with Crippen molar-refractivity contribution in [1.82, 2.24) is 19.9 Å². The average Bonchev–Trinajstić information content (AvgIpc) is 2.29. The predicted molar refractivity (Wildman–Crippen MR) is 56.8 cm³/mol. The maximum Gasteiger partial charge on any atom is 0.223 e. The van der Waals surface area contributed by atoms with Crippen molar-refractivity contribution in [2.75, 3.05) is 5.73 Å². The molecule has 0 aliphatic rings. The summed E-state index contributed by atoms with van der Waals surface area (Å²) in [5.74, 6) is 0.834. The molecule has 2 aromatic heterocycles. The summed E-state index contributed by atoms with van der Waals surface area (Å²) in [6.07, 6.45) is 5.83. The molecule has 0 bridgehead atoms. The number of aryl methyl sites for hydroxylation is 1. The molecular formula is C10H11N5. The fourth-order valence-corrected chi connectivity index (χ4v) is 1.37. The van der Waals surface area contributed by atoms with Gasteiger partial charge in [0.25, 0.3) is 0 Å². The van der Waals surface area contributed by atoms with Crippen molar-refractivity contribution >= 4 is 5.95 Å². The molecule has 0 aromatic carbocycles. The van der Waals surface area contributed by atoms with Crippen molar-refractivity contribution in [2.45, 2.75) is 13.3 Å². The standard InChI is InChI=1S/C10H11N5/c1-2-7-5-12-4-3-8(7)9-13-6-14-10(11)15-9/h3-6H,2H2,1H3,(H2,11,13,14,15). The van der Waals surface area contributed by atoms with Crippen molar-refractivity contribution in [2.24, 2.45) is 0 Å². The molecule has 2 heterocycles. The van der Waals surface area contributed by atoms with Gasteiger partial charge >= 0.3 is 0 Å². The average molecular weight is 201 g/mol. The van der Waals surface area contributed by atoms with Gasteiger partial charge in [0.05, 0.1) is 0 Å². The Morgan fingerprint density at radius 2 is 2.20 bits per heavy atom. The molecule has 0 saturated heterocycles. The van der Waals surface area contributed by atoms with Crippen molar-refractivity contribution in [3.63, 3.8) is 0 Å². The third-order valence-corrected chi connectivity index (χ3v) is 2.12. The normalized spacial score (nSPS) is 10.2. The van der Waals surface area contributed by atoms with Gasteiger partial charge in [0.1, 0.15) is 6.33 Å². The first kappa shape index (κ1) is 9.51. The summed E-state index contributed by atoms with van der Waals surface area (Å²) in [5, 5.41) is 0. The van der Waals surface area contributed by atoms with Gasteiger partial charge in [0, 0.05) is 18.0 Å². The van der Waals surface area contributed by atoms with Gasteiger partial charge in [0.2, 0.25) is 5.95 Å². The quantitative estimate of drug-likeness (QED) is 0.786. The zero-order chi connectivity index (χ0) is 10.7. The van der Waals surface area contributed by atoms with Crippen LogP contribution >= 0.6 is 0 Å². The molecule has 2 rings (SSSR count). The Hall–Kier alpha value is -2.04. The van der Waals surface area contributed by atoms with E-state index in [1.807, 2.05) is 12.3 Å². The molecule has 5 heteroatoms. The minimum absolute atomic E-state index is 0.235. The number of rotatable bonds is 2. The highest BCUT2D eigenvalue weighted by Crippen LogP contribution is 2.18. The Morgan fingerprint density at radius 3 is 2.93 bits per heavy atom. The second-order valence-corrected chi connectivity index (χ2v) is 3.05. The van der Waals surface area contributed by atoms with Crippen LogP contribution in [0.1, 0.15) is 12.5 Å². The van der Waals surface area contributed by atoms with E-state index in [0.29, 0.717) is 5.82 Å². The van der Waals surface area contributed by atoms with E-state index in [4.69, 9.17) is 5.73 Å². The Labute approximate surface area is 87.4 Å². The largest absolute Gasteiger partial charge is 0.368 e. The van der Waals surface area contributed by atoms with Crippen LogP contribution in [0.3, 0.4) is 0 Å². The van der Waals surface area contributed by atoms with Crippen molar-refractivity contribution < 1.29 is 0 Å². The first-order valence-electron chi connectivity index (χ1n) is 4.69. The third kappa shape index (κ3) is 1.90. The summed E-state index contributed by atoms with van der Waals surface area (Å²) in [6.45, 7) is 2.06. The van der Waals surface area contributed by atoms with Crippen LogP contribution in [0.15, 0.2) is 24.8 Å². The SMILES string of the molecule is CCc1cnccc1-c1ncnc(N)n1. The molecule has 0 fully saturated rings. The van der Waals surface area contributed by atoms with Crippen LogP contribution in [0.25, 0.3) is 11.4 Å². The molecule has 0 atom stereocenters. The summed E-state index contributed by atoms with van der Waals surface area (Å²) in [6, 6.07) is 1.88. The second-order valence-electron chi connectivity index (χ2n) is 3.05. The van der Waals surface area contributed by atoms with Gasteiger partial charge in [0.15, 0.2) is 5.82 Å². The zero-order valence-electron chi connectivity index (χ0n) is 8.38. The molecular weight excluding hydrogens is 190 g/mol. The Bertz CT molecular complexity index is 469. The minimum atomic E-state index is 0.235. The molecule has 76 valence electrons.